The van der Waals surface area contributed by atoms with Crippen molar-refractivity contribution in [3.05, 3.63) is 12.7 Å². The monoisotopic (exact) mass is 184 g/mol. The SMILES string of the molecule is C=CC(=O)[O-].CCC(=O)[O-].[Ca+2]. The molecule has 0 aromatic heterocycles. The van der Waals surface area contributed by atoms with Crippen molar-refractivity contribution in [2.75, 3.05) is 0 Å². The first kappa shape index (κ1) is 17.1. The van der Waals surface area contributed by atoms with Gasteiger partial charge < -0.3 is 19.8 Å². The largest absolute Gasteiger partial charge is 2.00 e. The van der Waals surface area contributed by atoms with Gasteiger partial charge in [-0.25, -0.2) is 0 Å². The molecule has 0 N–H and O–H groups in total. The fraction of sp³-hybridized carbons (Fsp3) is 0.333. The molecule has 0 unspecified atom stereocenters. The summed E-state index contributed by atoms with van der Waals surface area (Å²) >= 11 is 0. The van der Waals surface area contributed by atoms with E-state index in [1.54, 1.807) is 0 Å². The minimum absolute atomic E-state index is 0. The Labute approximate surface area is 94.9 Å². The van der Waals surface area contributed by atoms with Crippen LogP contribution in [0.5, 0.6) is 0 Å². The molecule has 4 nitrogen and oxygen atoms in total. The van der Waals surface area contributed by atoms with Gasteiger partial charge in [-0.2, -0.15) is 0 Å². The van der Waals surface area contributed by atoms with Gasteiger partial charge in [-0.15, -0.1) is 0 Å². The first-order valence-electron chi connectivity index (χ1n) is 2.57. The average Bonchev–Trinajstić information content (AvgIpc) is 1.89. The summed E-state index contributed by atoms with van der Waals surface area (Å²) in [6, 6.07) is 0. The van der Waals surface area contributed by atoms with Gasteiger partial charge in [0.1, 0.15) is 0 Å². The van der Waals surface area contributed by atoms with Crippen LogP contribution in [0.1, 0.15) is 13.3 Å². The van der Waals surface area contributed by atoms with Gasteiger partial charge in [0.05, 0.1) is 5.97 Å². The number of carboxylic acid groups (broad SMARTS) is 2. The predicted molar refractivity (Wildman–Crippen MR) is 36.3 cm³/mol. The van der Waals surface area contributed by atoms with Crippen molar-refractivity contribution in [2.24, 2.45) is 0 Å². The molecule has 0 aromatic rings. The number of rotatable bonds is 2. The Balaban J connectivity index is -0.000000107. The normalized spacial score (nSPS) is 6.27. The molecule has 0 aliphatic rings. The molecule has 0 saturated heterocycles. The summed E-state index contributed by atoms with van der Waals surface area (Å²) in [6.45, 7) is 4.44. The van der Waals surface area contributed by atoms with Gasteiger partial charge in [-0.3, -0.25) is 0 Å². The van der Waals surface area contributed by atoms with Crippen molar-refractivity contribution in [3.63, 3.8) is 0 Å². The molecule has 58 valence electrons. The molecule has 0 aliphatic heterocycles. The molecule has 5 heteroatoms. The van der Waals surface area contributed by atoms with Crippen molar-refractivity contribution < 1.29 is 19.8 Å². The number of carbonyl (C=O) groups excluding carboxylic acids is 2. The third-order valence-corrected chi connectivity index (χ3v) is 0.455. The molecular weight excluding hydrogens is 176 g/mol. The van der Waals surface area contributed by atoms with E-state index in [0.29, 0.717) is 0 Å². The number of carbonyl (C=O) groups is 2. The topological polar surface area (TPSA) is 80.3 Å². The predicted octanol–water partition coefficient (Wildman–Crippen LogP) is -2.31. The average molecular weight is 184 g/mol. The number of hydrogen-bond acceptors (Lipinski definition) is 4. The maximum atomic E-state index is 9.26. The summed E-state index contributed by atoms with van der Waals surface area (Å²) in [4.78, 5) is 18.4. The second-order valence-electron chi connectivity index (χ2n) is 1.25. The molecule has 11 heavy (non-hydrogen) atoms. The van der Waals surface area contributed by atoms with Crippen LogP contribution >= 0.6 is 0 Å². The van der Waals surface area contributed by atoms with E-state index in [2.05, 4.69) is 6.58 Å². The summed E-state index contributed by atoms with van der Waals surface area (Å²) in [5.74, 6) is -2.23. The van der Waals surface area contributed by atoms with E-state index >= 15 is 0 Å². The van der Waals surface area contributed by atoms with E-state index in [1.165, 1.54) is 6.92 Å². The van der Waals surface area contributed by atoms with Gasteiger partial charge >= 0.3 is 37.7 Å². The first-order chi connectivity index (χ1) is 4.54. The van der Waals surface area contributed by atoms with E-state index in [-0.39, 0.29) is 44.2 Å². The van der Waals surface area contributed by atoms with E-state index in [4.69, 9.17) is 9.90 Å². The van der Waals surface area contributed by atoms with Crippen molar-refractivity contribution in [3.8, 4) is 0 Å². The first-order valence-corrected chi connectivity index (χ1v) is 2.57. The zero-order valence-electron chi connectivity index (χ0n) is 6.33. The molecule has 0 bridgehead atoms. The Morgan fingerprint density at radius 1 is 1.45 bits per heavy atom. The molecule has 0 fully saturated rings. The fourth-order valence-corrected chi connectivity index (χ4v) is 0. The summed E-state index contributed by atoms with van der Waals surface area (Å²) in [6.07, 6.45) is 0.833. The van der Waals surface area contributed by atoms with Gasteiger partial charge in [-0.1, -0.05) is 13.5 Å². The molecule has 0 heterocycles. The zero-order valence-corrected chi connectivity index (χ0v) is 8.54. The Morgan fingerprint density at radius 2 is 1.64 bits per heavy atom. The smallest absolute Gasteiger partial charge is 0.550 e. The Morgan fingerprint density at radius 3 is 1.64 bits per heavy atom. The molecule has 0 saturated carbocycles. The van der Waals surface area contributed by atoms with Crippen molar-refractivity contribution in [1.82, 2.24) is 0 Å². The summed E-state index contributed by atoms with van der Waals surface area (Å²) in [5, 5.41) is 18.4. The Bertz CT molecular complexity index is 133. The Kier molecular flexibility index (Phi) is 19.6. The van der Waals surface area contributed by atoms with E-state index in [1.807, 2.05) is 0 Å². The van der Waals surface area contributed by atoms with Crippen LogP contribution in [0.25, 0.3) is 0 Å². The number of hydrogen-bond donors (Lipinski definition) is 0. The van der Waals surface area contributed by atoms with Crippen LogP contribution < -0.4 is 10.2 Å². The summed E-state index contributed by atoms with van der Waals surface area (Å²) in [7, 11) is 0. The molecule has 0 radical (unpaired) electrons. The molecule has 0 atom stereocenters. The molecule has 0 aromatic carbocycles. The summed E-state index contributed by atoms with van der Waals surface area (Å²) in [5.41, 5.74) is 0. The molecular formula is C6H8CaO4. The minimum Gasteiger partial charge on any atom is -0.550 e. The van der Waals surface area contributed by atoms with Crippen LogP contribution in [0, 0.1) is 0 Å². The van der Waals surface area contributed by atoms with Crippen LogP contribution in [-0.2, 0) is 9.59 Å². The molecule has 0 rings (SSSR count). The van der Waals surface area contributed by atoms with E-state index in [0.717, 1.165) is 6.08 Å². The van der Waals surface area contributed by atoms with Gasteiger partial charge in [0.25, 0.3) is 0 Å². The second kappa shape index (κ2) is 12.6. The van der Waals surface area contributed by atoms with Gasteiger partial charge in [0, 0.05) is 5.97 Å². The summed E-state index contributed by atoms with van der Waals surface area (Å²) < 4.78 is 0. The van der Waals surface area contributed by atoms with Crippen LogP contribution in [0.15, 0.2) is 12.7 Å². The maximum absolute atomic E-state index is 9.26. The maximum Gasteiger partial charge on any atom is 2.00 e. The Hall–Kier alpha value is -0.0603. The molecule has 0 amide bonds. The van der Waals surface area contributed by atoms with Crippen molar-refractivity contribution in [1.29, 1.82) is 0 Å². The second-order valence-corrected chi connectivity index (χ2v) is 1.25. The van der Waals surface area contributed by atoms with E-state index < -0.39 is 11.9 Å². The number of aliphatic carboxylic acids is 2. The van der Waals surface area contributed by atoms with Crippen molar-refractivity contribution >= 4 is 49.7 Å². The van der Waals surface area contributed by atoms with Crippen LogP contribution in [-0.4, -0.2) is 49.7 Å². The minimum atomic E-state index is -1.23. The van der Waals surface area contributed by atoms with Crippen LogP contribution in [0.2, 0.25) is 0 Å². The molecule has 0 spiro atoms. The zero-order chi connectivity index (χ0) is 8.57. The third-order valence-electron chi connectivity index (χ3n) is 0.455. The van der Waals surface area contributed by atoms with Gasteiger partial charge in [0.15, 0.2) is 0 Å². The van der Waals surface area contributed by atoms with Crippen LogP contribution in [0.4, 0.5) is 0 Å². The van der Waals surface area contributed by atoms with Gasteiger partial charge in [0.2, 0.25) is 0 Å². The van der Waals surface area contributed by atoms with Gasteiger partial charge in [-0.05, 0) is 12.5 Å². The third kappa shape index (κ3) is 40.4. The quantitative estimate of drug-likeness (QED) is 0.356. The van der Waals surface area contributed by atoms with Crippen LogP contribution in [0.3, 0.4) is 0 Å². The molecule has 0 aliphatic carbocycles. The standard InChI is InChI=1S/C3H6O2.C3H4O2.Ca/c2*1-2-3(4)5;/h2H2,1H3,(H,4,5);2H,1H2,(H,4,5);/q;;+2/p-2. The fourth-order valence-electron chi connectivity index (χ4n) is 0. The number of carboxylic acids is 2. The van der Waals surface area contributed by atoms with E-state index in [9.17, 15) is 9.90 Å². The van der Waals surface area contributed by atoms with Crippen molar-refractivity contribution in [2.45, 2.75) is 13.3 Å².